The van der Waals surface area contributed by atoms with Gasteiger partial charge in [-0.1, -0.05) is 43.3 Å². The zero-order chi connectivity index (χ0) is 19.9. The number of rotatable bonds is 5. The van der Waals surface area contributed by atoms with Gasteiger partial charge in [0.05, 0.1) is 12.0 Å². The Bertz CT molecular complexity index is 1070. The molecule has 1 aromatic carbocycles. The molecule has 0 saturated carbocycles. The van der Waals surface area contributed by atoms with Crippen molar-refractivity contribution in [2.75, 3.05) is 0 Å². The molecule has 28 heavy (non-hydrogen) atoms. The predicted octanol–water partition coefficient (Wildman–Crippen LogP) is 4.33. The van der Waals surface area contributed by atoms with Gasteiger partial charge in [-0.05, 0) is 49.4 Å². The fourth-order valence-corrected chi connectivity index (χ4v) is 4.18. The van der Waals surface area contributed by atoms with Gasteiger partial charge in [-0.3, -0.25) is 4.79 Å². The van der Waals surface area contributed by atoms with Gasteiger partial charge in [0.1, 0.15) is 11.3 Å². The standard InChI is InChI=1S/C23H25N3O2/c1-4-19-25-20-15(2)13-16(3)24-21(20)26(19)14-17-7-9-18(10-8-17)23(22(27)28)11-5-6-12-23/h5-10,13H,4,11-12,14H2,1-3H3,(H,27,28). The van der Waals surface area contributed by atoms with Crippen LogP contribution in [0.5, 0.6) is 0 Å². The van der Waals surface area contributed by atoms with E-state index < -0.39 is 11.4 Å². The Hall–Kier alpha value is -2.95. The lowest BCUT2D eigenvalue weighted by Gasteiger charge is -2.24. The molecule has 144 valence electrons. The van der Waals surface area contributed by atoms with Crippen LogP contribution in [0.3, 0.4) is 0 Å². The largest absolute Gasteiger partial charge is 0.481 e. The minimum Gasteiger partial charge on any atom is -0.481 e. The topological polar surface area (TPSA) is 68.0 Å². The van der Waals surface area contributed by atoms with E-state index in [1.54, 1.807) is 0 Å². The summed E-state index contributed by atoms with van der Waals surface area (Å²) in [5.41, 5.74) is 5.17. The van der Waals surface area contributed by atoms with Crippen LogP contribution in [0.15, 0.2) is 42.5 Å². The number of fused-ring (bicyclic) bond motifs is 1. The second-order valence-electron chi connectivity index (χ2n) is 7.68. The molecule has 0 fully saturated rings. The van der Waals surface area contributed by atoms with Crippen molar-refractivity contribution in [2.45, 2.75) is 52.0 Å². The minimum absolute atomic E-state index is 0.552. The molecule has 0 atom stereocenters. The van der Waals surface area contributed by atoms with Gasteiger partial charge < -0.3 is 9.67 Å². The number of hydrogen-bond acceptors (Lipinski definition) is 3. The number of pyridine rings is 1. The molecule has 5 heteroatoms. The number of carbonyl (C=O) groups is 1. The first-order chi connectivity index (χ1) is 13.4. The Morgan fingerprint density at radius 1 is 1.14 bits per heavy atom. The van der Waals surface area contributed by atoms with E-state index in [1.807, 2.05) is 43.3 Å². The number of aromatic nitrogens is 3. The summed E-state index contributed by atoms with van der Waals surface area (Å²) in [5, 5.41) is 9.77. The first kappa shape index (κ1) is 18.4. The molecule has 1 N–H and O–H groups in total. The van der Waals surface area contributed by atoms with Crippen molar-refractivity contribution >= 4 is 17.1 Å². The van der Waals surface area contributed by atoms with Crippen LogP contribution in [0.1, 0.15) is 48.0 Å². The van der Waals surface area contributed by atoms with Crippen LogP contribution in [0.4, 0.5) is 0 Å². The molecule has 3 aromatic rings. The van der Waals surface area contributed by atoms with E-state index in [0.717, 1.165) is 45.8 Å². The van der Waals surface area contributed by atoms with E-state index in [2.05, 4.69) is 24.5 Å². The minimum atomic E-state index is -0.815. The first-order valence-corrected chi connectivity index (χ1v) is 9.76. The summed E-state index contributed by atoms with van der Waals surface area (Å²) < 4.78 is 2.18. The highest BCUT2D eigenvalue weighted by Crippen LogP contribution is 2.37. The number of benzene rings is 1. The van der Waals surface area contributed by atoms with E-state index in [1.165, 1.54) is 0 Å². The van der Waals surface area contributed by atoms with Crippen LogP contribution in [0.25, 0.3) is 11.2 Å². The summed E-state index contributed by atoms with van der Waals surface area (Å²) in [5.74, 6) is 0.261. The second kappa shape index (κ2) is 6.89. The van der Waals surface area contributed by atoms with Gasteiger partial charge in [0.15, 0.2) is 5.65 Å². The Morgan fingerprint density at radius 3 is 2.43 bits per heavy atom. The van der Waals surface area contributed by atoms with E-state index in [4.69, 9.17) is 9.97 Å². The normalized spacial score (nSPS) is 15.4. The van der Waals surface area contributed by atoms with Gasteiger partial charge in [-0.15, -0.1) is 0 Å². The summed E-state index contributed by atoms with van der Waals surface area (Å²) >= 11 is 0. The maximum Gasteiger partial charge on any atom is 0.314 e. The molecule has 1 aliphatic carbocycles. The highest BCUT2D eigenvalue weighted by atomic mass is 16.4. The van der Waals surface area contributed by atoms with Gasteiger partial charge in [0, 0.05) is 12.1 Å². The molecule has 0 bridgehead atoms. The zero-order valence-corrected chi connectivity index (χ0v) is 16.6. The molecular formula is C23H25N3O2. The van der Waals surface area contributed by atoms with Crippen molar-refractivity contribution in [3.05, 3.63) is 70.7 Å². The van der Waals surface area contributed by atoms with Crippen LogP contribution in [0, 0.1) is 13.8 Å². The lowest BCUT2D eigenvalue weighted by Crippen LogP contribution is -2.32. The van der Waals surface area contributed by atoms with E-state index >= 15 is 0 Å². The number of imidazole rings is 1. The monoisotopic (exact) mass is 375 g/mol. The van der Waals surface area contributed by atoms with Gasteiger partial charge in [0.25, 0.3) is 0 Å². The molecule has 1 aliphatic rings. The third-order valence-electron chi connectivity index (χ3n) is 5.77. The van der Waals surface area contributed by atoms with E-state index in [-0.39, 0.29) is 0 Å². The third-order valence-corrected chi connectivity index (χ3v) is 5.77. The number of carboxylic acids is 1. The smallest absolute Gasteiger partial charge is 0.314 e. The van der Waals surface area contributed by atoms with Crippen LogP contribution in [0.2, 0.25) is 0 Å². The van der Waals surface area contributed by atoms with Crippen LogP contribution < -0.4 is 0 Å². The van der Waals surface area contributed by atoms with Crippen LogP contribution >= 0.6 is 0 Å². The molecule has 5 nitrogen and oxygen atoms in total. The Morgan fingerprint density at radius 2 is 1.82 bits per heavy atom. The van der Waals surface area contributed by atoms with Crippen molar-refractivity contribution < 1.29 is 9.90 Å². The molecule has 4 rings (SSSR count). The molecule has 0 amide bonds. The molecule has 0 saturated heterocycles. The van der Waals surface area contributed by atoms with E-state index in [0.29, 0.717) is 19.4 Å². The SMILES string of the molecule is CCc1nc2c(C)cc(C)nc2n1Cc1ccc(C2(C(=O)O)CC=CC2)cc1. The second-order valence-corrected chi connectivity index (χ2v) is 7.68. The average Bonchev–Trinajstić information content (AvgIpc) is 3.29. The van der Waals surface area contributed by atoms with Crippen LogP contribution in [-0.4, -0.2) is 25.6 Å². The van der Waals surface area contributed by atoms with Gasteiger partial charge in [0.2, 0.25) is 0 Å². The number of aliphatic carboxylic acids is 1. The lowest BCUT2D eigenvalue weighted by molar-refractivity contribution is -0.143. The Labute approximate surface area is 164 Å². The molecule has 0 spiro atoms. The Balaban J connectivity index is 1.70. The maximum atomic E-state index is 11.9. The highest BCUT2D eigenvalue weighted by molar-refractivity contribution is 5.82. The molecule has 0 unspecified atom stereocenters. The fourth-order valence-electron chi connectivity index (χ4n) is 4.18. The third kappa shape index (κ3) is 2.91. The number of nitrogens with zero attached hydrogens (tertiary/aromatic N) is 3. The van der Waals surface area contributed by atoms with Gasteiger partial charge >= 0.3 is 5.97 Å². The summed E-state index contributed by atoms with van der Waals surface area (Å²) in [6.45, 7) is 6.86. The number of carboxylic acid groups (broad SMARTS) is 1. The van der Waals surface area contributed by atoms with Crippen molar-refractivity contribution in [3.63, 3.8) is 0 Å². The Kier molecular flexibility index (Phi) is 4.53. The molecule has 2 heterocycles. The number of aryl methyl sites for hydroxylation is 3. The quantitative estimate of drug-likeness (QED) is 0.674. The highest BCUT2D eigenvalue weighted by Gasteiger charge is 2.40. The average molecular weight is 375 g/mol. The maximum absolute atomic E-state index is 11.9. The molecule has 0 radical (unpaired) electrons. The zero-order valence-electron chi connectivity index (χ0n) is 16.6. The summed E-state index contributed by atoms with van der Waals surface area (Å²) in [6.07, 6.45) is 5.86. The number of hydrogen-bond donors (Lipinski definition) is 1. The first-order valence-electron chi connectivity index (χ1n) is 9.76. The predicted molar refractivity (Wildman–Crippen MR) is 110 cm³/mol. The summed E-state index contributed by atoms with van der Waals surface area (Å²) in [4.78, 5) is 21.4. The van der Waals surface area contributed by atoms with Gasteiger partial charge in [-0.2, -0.15) is 0 Å². The molecule has 2 aromatic heterocycles. The summed E-state index contributed by atoms with van der Waals surface area (Å²) in [6, 6.07) is 10.1. The van der Waals surface area contributed by atoms with E-state index in [9.17, 15) is 9.90 Å². The summed E-state index contributed by atoms with van der Waals surface area (Å²) in [7, 11) is 0. The fraction of sp³-hybridized carbons (Fsp3) is 0.348. The number of allylic oxidation sites excluding steroid dienone is 2. The lowest BCUT2D eigenvalue weighted by atomic mass is 9.78. The van der Waals surface area contributed by atoms with Gasteiger partial charge in [-0.25, -0.2) is 9.97 Å². The van der Waals surface area contributed by atoms with Crippen molar-refractivity contribution in [3.8, 4) is 0 Å². The van der Waals surface area contributed by atoms with Crippen LogP contribution in [-0.2, 0) is 23.2 Å². The van der Waals surface area contributed by atoms with Crippen molar-refractivity contribution in [2.24, 2.45) is 0 Å². The molecular weight excluding hydrogens is 350 g/mol. The van der Waals surface area contributed by atoms with Crippen molar-refractivity contribution in [1.29, 1.82) is 0 Å². The molecule has 0 aliphatic heterocycles. The van der Waals surface area contributed by atoms with Crippen molar-refractivity contribution in [1.82, 2.24) is 14.5 Å².